The van der Waals surface area contributed by atoms with Crippen molar-refractivity contribution in [2.75, 3.05) is 6.61 Å². The summed E-state index contributed by atoms with van der Waals surface area (Å²) in [6.45, 7) is 5.17. The molecule has 0 amide bonds. The molecule has 0 fully saturated rings. The van der Waals surface area contributed by atoms with Gasteiger partial charge in [0.1, 0.15) is 0 Å². The number of carbonyl (C=O) groups is 1. The van der Waals surface area contributed by atoms with Gasteiger partial charge in [-0.2, -0.15) is 0 Å². The van der Waals surface area contributed by atoms with Crippen molar-refractivity contribution in [3.63, 3.8) is 0 Å². The van der Waals surface area contributed by atoms with Gasteiger partial charge in [0.15, 0.2) is 0 Å². The lowest BCUT2D eigenvalue weighted by atomic mass is 10.0. The van der Waals surface area contributed by atoms with Crippen LogP contribution in [0.4, 0.5) is 0 Å². The molecule has 0 aliphatic carbocycles. The van der Waals surface area contributed by atoms with Crippen LogP contribution in [0.5, 0.6) is 0 Å². The Morgan fingerprint density at radius 3 is 1.00 bits per heavy atom. The van der Waals surface area contributed by atoms with Crippen molar-refractivity contribution >= 4 is 5.97 Å². The van der Waals surface area contributed by atoms with Crippen molar-refractivity contribution in [1.29, 1.82) is 0 Å². The molecule has 0 aromatic rings. The number of rotatable bonds is 28. The number of carbonyl (C=O) groups excluding carboxylic acids is 1. The Balaban J connectivity index is 3.10. The van der Waals surface area contributed by atoms with Gasteiger partial charge in [0.2, 0.25) is 0 Å². The van der Waals surface area contributed by atoms with Crippen molar-refractivity contribution < 1.29 is 9.53 Å². The fourth-order valence-electron chi connectivity index (χ4n) is 4.67. The van der Waals surface area contributed by atoms with Gasteiger partial charge in [0, 0.05) is 6.42 Å². The fraction of sp³-hybridized carbons (Fsp3) is 0.968. The molecule has 0 heterocycles. The van der Waals surface area contributed by atoms with Crippen LogP contribution in [-0.4, -0.2) is 12.6 Å². The van der Waals surface area contributed by atoms with E-state index in [0.29, 0.717) is 13.0 Å². The number of ether oxygens (including phenoxy) is 1. The molecular weight excluding hydrogens is 404 g/mol. The highest BCUT2D eigenvalue weighted by Crippen LogP contribution is 2.15. The van der Waals surface area contributed by atoms with Crippen LogP contribution >= 0.6 is 0 Å². The molecule has 0 aliphatic heterocycles. The first-order chi connectivity index (χ1) is 16.3. The molecule has 0 atom stereocenters. The van der Waals surface area contributed by atoms with Crippen LogP contribution < -0.4 is 0 Å². The lowest BCUT2D eigenvalue weighted by molar-refractivity contribution is -0.143. The van der Waals surface area contributed by atoms with Gasteiger partial charge in [-0.25, -0.2) is 0 Å². The van der Waals surface area contributed by atoms with Crippen molar-refractivity contribution in [2.45, 2.75) is 187 Å². The normalized spacial score (nSPS) is 11.2. The van der Waals surface area contributed by atoms with Gasteiger partial charge in [-0.05, 0) is 12.8 Å². The molecule has 0 spiro atoms. The van der Waals surface area contributed by atoms with Crippen molar-refractivity contribution in [3.05, 3.63) is 0 Å². The second-order valence-electron chi connectivity index (χ2n) is 10.5. The van der Waals surface area contributed by atoms with Crippen LogP contribution in [0.2, 0.25) is 0 Å². The average Bonchev–Trinajstić information content (AvgIpc) is 2.82. The Bertz CT molecular complexity index is 366. The van der Waals surface area contributed by atoms with E-state index in [1.165, 1.54) is 154 Å². The molecule has 2 nitrogen and oxygen atoms in total. The lowest BCUT2D eigenvalue weighted by Gasteiger charge is -2.06. The molecule has 0 bridgehead atoms. The van der Waals surface area contributed by atoms with Gasteiger partial charge in [-0.3, -0.25) is 4.79 Å². The van der Waals surface area contributed by atoms with E-state index in [0.717, 1.165) is 12.8 Å². The largest absolute Gasteiger partial charge is 0.466 e. The second kappa shape index (κ2) is 29.5. The summed E-state index contributed by atoms with van der Waals surface area (Å²) in [5.74, 6) is 0.0194. The molecule has 0 N–H and O–H groups in total. The molecule has 0 aromatic carbocycles. The molecule has 0 rings (SSSR count). The first-order valence-corrected chi connectivity index (χ1v) is 15.5. The smallest absolute Gasteiger partial charge is 0.305 e. The molecule has 0 unspecified atom stereocenters. The van der Waals surface area contributed by atoms with Gasteiger partial charge >= 0.3 is 5.97 Å². The quantitative estimate of drug-likeness (QED) is 0.0846. The summed E-state index contributed by atoms with van der Waals surface area (Å²) in [7, 11) is 0. The van der Waals surface area contributed by atoms with Crippen LogP contribution in [0.15, 0.2) is 0 Å². The Kier molecular flexibility index (Phi) is 29.0. The van der Waals surface area contributed by atoms with Gasteiger partial charge in [0.05, 0.1) is 6.61 Å². The average molecular weight is 467 g/mol. The molecule has 33 heavy (non-hydrogen) atoms. The third-order valence-corrected chi connectivity index (χ3v) is 7.00. The van der Waals surface area contributed by atoms with E-state index in [9.17, 15) is 4.79 Å². The molecule has 0 aliphatic rings. The SMILES string of the molecule is CCCCCCCCCCCCCCCCCCCCCOC(=O)CCCCCCCCC. The maximum atomic E-state index is 11.7. The predicted molar refractivity (Wildman–Crippen MR) is 147 cm³/mol. The molecule has 0 saturated heterocycles. The van der Waals surface area contributed by atoms with Crippen LogP contribution in [0.25, 0.3) is 0 Å². The molecule has 0 radical (unpaired) electrons. The maximum absolute atomic E-state index is 11.7. The van der Waals surface area contributed by atoms with Crippen LogP contribution in [0, 0.1) is 0 Å². The third kappa shape index (κ3) is 29.4. The van der Waals surface area contributed by atoms with Gasteiger partial charge in [-0.15, -0.1) is 0 Å². The third-order valence-electron chi connectivity index (χ3n) is 7.00. The Morgan fingerprint density at radius 1 is 0.394 bits per heavy atom. The summed E-state index contributed by atoms with van der Waals surface area (Å²) >= 11 is 0. The number of unbranched alkanes of at least 4 members (excludes halogenated alkanes) is 24. The summed E-state index contributed by atoms with van der Waals surface area (Å²) in [6, 6.07) is 0. The first-order valence-electron chi connectivity index (χ1n) is 15.5. The van der Waals surface area contributed by atoms with E-state index in [4.69, 9.17) is 4.74 Å². The minimum atomic E-state index is 0.0194. The monoisotopic (exact) mass is 466 g/mol. The summed E-state index contributed by atoms with van der Waals surface area (Å²) < 4.78 is 5.38. The highest BCUT2D eigenvalue weighted by Gasteiger charge is 2.02. The first kappa shape index (κ1) is 32.5. The van der Waals surface area contributed by atoms with E-state index >= 15 is 0 Å². The summed E-state index contributed by atoms with van der Waals surface area (Å²) in [4.78, 5) is 11.7. The van der Waals surface area contributed by atoms with Gasteiger partial charge < -0.3 is 4.74 Å². The zero-order valence-electron chi connectivity index (χ0n) is 23.1. The molecule has 198 valence electrons. The van der Waals surface area contributed by atoms with E-state index in [2.05, 4.69) is 13.8 Å². The van der Waals surface area contributed by atoms with E-state index in [1.54, 1.807) is 0 Å². The van der Waals surface area contributed by atoms with Crippen molar-refractivity contribution in [3.8, 4) is 0 Å². The summed E-state index contributed by atoms with van der Waals surface area (Å²) in [6.07, 6.45) is 35.8. The zero-order chi connectivity index (χ0) is 24.1. The summed E-state index contributed by atoms with van der Waals surface area (Å²) in [5.41, 5.74) is 0. The van der Waals surface area contributed by atoms with Crippen LogP contribution in [0.3, 0.4) is 0 Å². The van der Waals surface area contributed by atoms with E-state index < -0.39 is 0 Å². The highest BCUT2D eigenvalue weighted by molar-refractivity contribution is 5.69. The minimum absolute atomic E-state index is 0.0194. The van der Waals surface area contributed by atoms with E-state index in [-0.39, 0.29) is 5.97 Å². The van der Waals surface area contributed by atoms with Crippen LogP contribution in [0.1, 0.15) is 187 Å². The van der Waals surface area contributed by atoms with Gasteiger partial charge in [0.25, 0.3) is 0 Å². The van der Waals surface area contributed by atoms with Crippen LogP contribution in [-0.2, 0) is 9.53 Å². The zero-order valence-corrected chi connectivity index (χ0v) is 23.1. The van der Waals surface area contributed by atoms with Gasteiger partial charge in [-0.1, -0.05) is 168 Å². The summed E-state index contributed by atoms with van der Waals surface area (Å²) in [5, 5.41) is 0. The molecule has 0 aromatic heterocycles. The topological polar surface area (TPSA) is 26.3 Å². The predicted octanol–water partition coefficient (Wildman–Crippen LogP) is 11.1. The number of hydrogen-bond donors (Lipinski definition) is 0. The fourth-order valence-corrected chi connectivity index (χ4v) is 4.67. The minimum Gasteiger partial charge on any atom is -0.466 e. The Labute approximate surface area is 209 Å². The number of hydrogen-bond acceptors (Lipinski definition) is 2. The standard InChI is InChI=1S/C31H62O2/c1-3-5-7-9-11-12-13-14-15-16-17-18-19-20-21-22-24-26-28-30-33-31(32)29-27-25-23-10-8-6-4-2/h3-30H2,1-2H3. The molecule has 0 saturated carbocycles. The Hall–Kier alpha value is -0.530. The molecular formula is C31H62O2. The Morgan fingerprint density at radius 2 is 0.667 bits per heavy atom. The number of esters is 1. The van der Waals surface area contributed by atoms with E-state index in [1.807, 2.05) is 0 Å². The highest BCUT2D eigenvalue weighted by atomic mass is 16.5. The second-order valence-corrected chi connectivity index (χ2v) is 10.5. The van der Waals surface area contributed by atoms with Crippen molar-refractivity contribution in [2.24, 2.45) is 0 Å². The maximum Gasteiger partial charge on any atom is 0.305 e. The molecule has 2 heteroatoms. The van der Waals surface area contributed by atoms with Crippen molar-refractivity contribution in [1.82, 2.24) is 0 Å². The lowest BCUT2D eigenvalue weighted by Crippen LogP contribution is -2.05.